The van der Waals surface area contributed by atoms with Crippen molar-refractivity contribution >= 4 is 28.5 Å². The number of benzene rings is 3. The Morgan fingerprint density at radius 3 is 2.34 bits per heavy atom. The summed E-state index contributed by atoms with van der Waals surface area (Å²) in [4.78, 5) is 34.5. The fraction of sp³-hybridized carbons (Fsp3) is 0.422. The number of amides is 2. The first-order valence-corrected chi connectivity index (χ1v) is 20.1. The van der Waals surface area contributed by atoms with E-state index < -0.39 is 0 Å². The zero-order valence-corrected chi connectivity index (χ0v) is 33.9. The van der Waals surface area contributed by atoms with E-state index in [9.17, 15) is 9.59 Å². The molecule has 2 aromatic heterocycles. The Labute approximate surface area is 331 Å². The molecular formula is C45H58N8O3. The van der Waals surface area contributed by atoms with Gasteiger partial charge in [0.05, 0.1) is 17.3 Å². The highest BCUT2D eigenvalue weighted by atomic mass is 16.5. The van der Waals surface area contributed by atoms with Crippen molar-refractivity contribution < 1.29 is 14.3 Å². The second-order valence-corrected chi connectivity index (χ2v) is 15.1. The Kier molecular flexibility index (Phi) is 13.9. The molecule has 3 aromatic carbocycles. The lowest BCUT2D eigenvalue weighted by atomic mass is 9.96. The molecule has 1 saturated heterocycles. The number of nitrogens with zero attached hydrogens (tertiary/aromatic N) is 4. The fourth-order valence-electron chi connectivity index (χ4n) is 7.39. The number of rotatable bonds is 17. The molecule has 1 fully saturated rings. The largest absolute Gasteiger partial charge is 0.381 e. The van der Waals surface area contributed by atoms with Crippen molar-refractivity contribution in [3.8, 4) is 11.1 Å². The number of ether oxygens (including phenoxy) is 1. The Balaban J connectivity index is 1.13. The predicted octanol–water partition coefficient (Wildman–Crippen LogP) is 6.79. The number of aryl methyl sites for hydroxylation is 4. The van der Waals surface area contributed by atoms with Gasteiger partial charge in [0.25, 0.3) is 11.8 Å². The minimum Gasteiger partial charge on any atom is -0.381 e. The summed E-state index contributed by atoms with van der Waals surface area (Å²) in [5, 5.41) is 19.1. The Bertz CT molecular complexity index is 2140. The lowest BCUT2D eigenvalue weighted by Gasteiger charge is -2.26. The number of hydrogen-bond acceptors (Lipinski definition) is 8. The van der Waals surface area contributed by atoms with Crippen molar-refractivity contribution in [3.63, 3.8) is 0 Å². The molecule has 56 heavy (non-hydrogen) atoms. The van der Waals surface area contributed by atoms with E-state index in [2.05, 4.69) is 109 Å². The second kappa shape index (κ2) is 19.2. The SMILES string of the molecule is CCc1nc2c(cnn2CC)c(NC2CCOCC2)c1CNC(=O)c1cc(C)cc(C(=O)NCc2ccc(C)c(-c3cccc(CNCCCN(C)C)c3)c2)c1. The number of aromatic nitrogens is 3. The third-order valence-corrected chi connectivity index (χ3v) is 10.5. The van der Waals surface area contributed by atoms with Gasteiger partial charge in [0, 0.05) is 67.8 Å². The van der Waals surface area contributed by atoms with Crippen LogP contribution in [-0.4, -0.2) is 77.9 Å². The molecular weight excluding hydrogens is 701 g/mol. The molecule has 6 rings (SSSR count). The summed E-state index contributed by atoms with van der Waals surface area (Å²) in [6.45, 7) is 13.8. The van der Waals surface area contributed by atoms with E-state index in [1.807, 2.05) is 29.9 Å². The molecule has 0 spiro atoms. The van der Waals surface area contributed by atoms with Crippen LogP contribution in [0.4, 0.5) is 5.69 Å². The van der Waals surface area contributed by atoms with Crippen LogP contribution in [0.5, 0.6) is 0 Å². The third-order valence-electron chi connectivity index (χ3n) is 10.5. The molecule has 11 nitrogen and oxygen atoms in total. The van der Waals surface area contributed by atoms with Crippen LogP contribution in [0.25, 0.3) is 22.2 Å². The lowest BCUT2D eigenvalue weighted by Crippen LogP contribution is -2.30. The summed E-state index contributed by atoms with van der Waals surface area (Å²) in [5.74, 6) is -0.480. The van der Waals surface area contributed by atoms with E-state index in [4.69, 9.17) is 9.72 Å². The van der Waals surface area contributed by atoms with Gasteiger partial charge in [0.1, 0.15) is 0 Å². The van der Waals surface area contributed by atoms with Crippen molar-refractivity contribution in [3.05, 3.63) is 111 Å². The average Bonchev–Trinajstić information content (AvgIpc) is 3.62. The highest BCUT2D eigenvalue weighted by molar-refractivity contribution is 6.00. The van der Waals surface area contributed by atoms with Gasteiger partial charge in [0.15, 0.2) is 5.65 Å². The fourth-order valence-corrected chi connectivity index (χ4v) is 7.39. The standard InChI is InChI=1S/C45H58N8O3/c1-7-41-39(42(50-37-15-19-56-20-16-37)40-29-49-53(8-2)43(40)51-41)28-48-45(55)36-22-30(3)21-35(25-36)44(54)47-27-33-14-13-31(4)38(24-33)34-12-9-11-32(23-34)26-46-17-10-18-52(5)6/h9,11-14,21-25,29,37,46H,7-8,10,15-20,26-28H2,1-6H3,(H,47,54)(H,48,55)(H,50,51). The zero-order valence-electron chi connectivity index (χ0n) is 33.9. The van der Waals surface area contributed by atoms with Crippen molar-refractivity contribution in [1.29, 1.82) is 0 Å². The molecule has 0 aliphatic carbocycles. The molecule has 0 radical (unpaired) electrons. The second-order valence-electron chi connectivity index (χ2n) is 15.1. The summed E-state index contributed by atoms with van der Waals surface area (Å²) < 4.78 is 7.53. The monoisotopic (exact) mass is 758 g/mol. The van der Waals surface area contributed by atoms with Crippen LogP contribution in [0.1, 0.15) is 87.3 Å². The quantitative estimate of drug-likeness (QED) is 0.0765. The van der Waals surface area contributed by atoms with Crippen molar-refractivity contribution in [1.82, 2.24) is 35.6 Å². The normalized spacial score (nSPS) is 13.3. The summed E-state index contributed by atoms with van der Waals surface area (Å²) in [6.07, 6.45) is 5.49. The molecule has 4 N–H and O–H groups in total. The molecule has 0 unspecified atom stereocenters. The molecule has 1 aliphatic rings. The van der Waals surface area contributed by atoms with E-state index >= 15 is 0 Å². The molecule has 5 aromatic rings. The summed E-state index contributed by atoms with van der Waals surface area (Å²) >= 11 is 0. The lowest BCUT2D eigenvalue weighted by molar-refractivity contribution is 0.0904. The van der Waals surface area contributed by atoms with Crippen LogP contribution in [0.15, 0.2) is 66.9 Å². The highest BCUT2D eigenvalue weighted by Crippen LogP contribution is 2.31. The number of hydrogen-bond donors (Lipinski definition) is 4. The van der Waals surface area contributed by atoms with Crippen LogP contribution >= 0.6 is 0 Å². The van der Waals surface area contributed by atoms with E-state index in [-0.39, 0.29) is 24.4 Å². The molecule has 0 atom stereocenters. The van der Waals surface area contributed by atoms with Crippen LogP contribution in [-0.2, 0) is 37.3 Å². The molecule has 3 heterocycles. The first-order valence-electron chi connectivity index (χ1n) is 20.1. The van der Waals surface area contributed by atoms with Crippen LogP contribution in [0.3, 0.4) is 0 Å². The van der Waals surface area contributed by atoms with Crippen molar-refractivity contribution in [2.75, 3.05) is 45.7 Å². The third kappa shape index (κ3) is 10.2. The molecule has 2 amide bonds. The van der Waals surface area contributed by atoms with Gasteiger partial charge in [-0.05, 0) is 137 Å². The Hall–Kier alpha value is -5.10. The van der Waals surface area contributed by atoms with Gasteiger partial charge in [-0.15, -0.1) is 0 Å². The van der Waals surface area contributed by atoms with Gasteiger partial charge >= 0.3 is 0 Å². The number of fused-ring (bicyclic) bond motifs is 1. The number of carbonyl (C=O) groups is 2. The summed E-state index contributed by atoms with van der Waals surface area (Å²) in [5.41, 5.74) is 11.1. The van der Waals surface area contributed by atoms with Gasteiger partial charge in [-0.3, -0.25) is 9.59 Å². The maximum Gasteiger partial charge on any atom is 0.251 e. The smallest absolute Gasteiger partial charge is 0.251 e. The molecule has 0 saturated carbocycles. The molecule has 296 valence electrons. The number of nitrogens with one attached hydrogen (secondary N) is 4. The number of pyridine rings is 1. The van der Waals surface area contributed by atoms with Gasteiger partial charge in [0.2, 0.25) is 0 Å². The van der Waals surface area contributed by atoms with E-state index in [1.54, 1.807) is 6.07 Å². The van der Waals surface area contributed by atoms with E-state index in [0.717, 1.165) is 89.1 Å². The zero-order chi connectivity index (χ0) is 39.6. The maximum absolute atomic E-state index is 13.8. The minimum atomic E-state index is -0.250. The van der Waals surface area contributed by atoms with Gasteiger partial charge in [-0.25, -0.2) is 9.67 Å². The van der Waals surface area contributed by atoms with Gasteiger partial charge in [-0.1, -0.05) is 37.3 Å². The minimum absolute atomic E-state index is 0.231. The molecule has 1 aliphatic heterocycles. The van der Waals surface area contributed by atoms with Gasteiger partial charge in [-0.2, -0.15) is 5.10 Å². The van der Waals surface area contributed by atoms with Crippen LogP contribution < -0.4 is 21.3 Å². The Morgan fingerprint density at radius 1 is 0.893 bits per heavy atom. The molecule has 0 bridgehead atoms. The van der Waals surface area contributed by atoms with Crippen molar-refractivity contribution in [2.45, 2.75) is 85.6 Å². The van der Waals surface area contributed by atoms with Crippen molar-refractivity contribution in [2.24, 2.45) is 0 Å². The van der Waals surface area contributed by atoms with E-state index in [0.29, 0.717) is 43.9 Å². The summed E-state index contributed by atoms with van der Waals surface area (Å²) in [6, 6.07) is 20.5. The van der Waals surface area contributed by atoms with E-state index in [1.165, 1.54) is 11.1 Å². The average molecular weight is 759 g/mol. The number of carbonyl (C=O) groups excluding carboxylic acids is 2. The Morgan fingerprint density at radius 2 is 1.62 bits per heavy atom. The van der Waals surface area contributed by atoms with Crippen LogP contribution in [0.2, 0.25) is 0 Å². The van der Waals surface area contributed by atoms with Crippen LogP contribution in [0, 0.1) is 13.8 Å². The maximum atomic E-state index is 13.8. The van der Waals surface area contributed by atoms with Gasteiger partial charge < -0.3 is 30.9 Å². The first-order chi connectivity index (χ1) is 27.1. The highest BCUT2D eigenvalue weighted by Gasteiger charge is 2.22. The topological polar surface area (TPSA) is 125 Å². The number of anilines is 1. The molecule has 11 heteroatoms. The first kappa shape index (κ1) is 40.6. The summed E-state index contributed by atoms with van der Waals surface area (Å²) in [7, 11) is 4.20. The predicted molar refractivity (Wildman–Crippen MR) is 225 cm³/mol.